The third-order valence-corrected chi connectivity index (χ3v) is 3.91. The Balaban J connectivity index is 2.75. The van der Waals surface area contributed by atoms with Crippen molar-refractivity contribution >= 4 is 0 Å². The highest BCUT2D eigenvalue weighted by Crippen LogP contribution is 2.24. The van der Waals surface area contributed by atoms with Gasteiger partial charge in [0.05, 0.1) is 6.10 Å². The maximum absolute atomic E-state index is 10.6. The monoisotopic (exact) mass is 277 g/mol. The molecule has 20 heavy (non-hydrogen) atoms. The molecule has 0 aromatic heterocycles. The van der Waals surface area contributed by atoms with Crippen LogP contribution in [0.5, 0.6) is 0 Å². The topological polar surface area (TPSA) is 32.3 Å². The zero-order chi connectivity index (χ0) is 15.1. The van der Waals surface area contributed by atoms with Crippen molar-refractivity contribution in [3.8, 4) is 0 Å². The zero-order valence-electron chi connectivity index (χ0n) is 13.7. The van der Waals surface area contributed by atoms with E-state index in [9.17, 15) is 5.11 Å². The minimum Gasteiger partial charge on any atom is -0.387 e. The number of hydrogen-bond acceptors (Lipinski definition) is 2. The lowest BCUT2D eigenvalue weighted by atomic mass is 9.91. The highest BCUT2D eigenvalue weighted by Gasteiger charge is 2.23. The van der Waals surface area contributed by atoms with E-state index in [1.807, 2.05) is 0 Å². The van der Waals surface area contributed by atoms with Crippen molar-refractivity contribution in [1.82, 2.24) is 5.32 Å². The van der Waals surface area contributed by atoms with Gasteiger partial charge in [0, 0.05) is 6.04 Å². The molecule has 2 N–H and O–H groups in total. The standard InChI is InChI=1S/C18H31NO/c1-6-7-12-19-17(14(4)5)18(20)16-10-8-15(9-11-16)13(2)3/h8-11,13-14,17-20H,6-7,12H2,1-5H3. The predicted molar refractivity (Wildman–Crippen MR) is 87.0 cm³/mol. The third kappa shape index (κ3) is 4.92. The Morgan fingerprint density at radius 3 is 2.00 bits per heavy atom. The Hall–Kier alpha value is -0.860. The van der Waals surface area contributed by atoms with E-state index < -0.39 is 6.10 Å². The van der Waals surface area contributed by atoms with E-state index in [0.717, 1.165) is 18.5 Å². The molecule has 0 aliphatic heterocycles. The quantitative estimate of drug-likeness (QED) is 0.696. The van der Waals surface area contributed by atoms with Crippen molar-refractivity contribution in [1.29, 1.82) is 0 Å². The molecular formula is C18H31NO. The van der Waals surface area contributed by atoms with E-state index in [1.54, 1.807) is 0 Å². The van der Waals surface area contributed by atoms with Crippen molar-refractivity contribution in [2.75, 3.05) is 6.54 Å². The summed E-state index contributed by atoms with van der Waals surface area (Å²) in [4.78, 5) is 0. The number of hydrogen-bond donors (Lipinski definition) is 2. The lowest BCUT2D eigenvalue weighted by Gasteiger charge is -2.28. The summed E-state index contributed by atoms with van der Waals surface area (Å²) in [7, 11) is 0. The van der Waals surface area contributed by atoms with Gasteiger partial charge in [0.25, 0.3) is 0 Å². The average molecular weight is 277 g/mol. The molecule has 0 spiro atoms. The number of benzene rings is 1. The van der Waals surface area contributed by atoms with Gasteiger partial charge < -0.3 is 10.4 Å². The SMILES string of the molecule is CCCCNC(C(C)C)C(O)c1ccc(C(C)C)cc1. The zero-order valence-corrected chi connectivity index (χ0v) is 13.7. The van der Waals surface area contributed by atoms with Gasteiger partial charge in [-0.3, -0.25) is 0 Å². The Bertz CT molecular complexity index is 370. The highest BCUT2D eigenvalue weighted by molar-refractivity contribution is 5.27. The van der Waals surface area contributed by atoms with E-state index >= 15 is 0 Å². The molecule has 2 unspecified atom stereocenters. The summed E-state index contributed by atoms with van der Waals surface area (Å²) >= 11 is 0. The number of nitrogens with one attached hydrogen (secondary N) is 1. The Morgan fingerprint density at radius 1 is 1.00 bits per heavy atom. The lowest BCUT2D eigenvalue weighted by Crippen LogP contribution is -2.39. The molecule has 1 aromatic rings. The molecule has 0 aliphatic rings. The first-order chi connectivity index (χ1) is 9.47. The van der Waals surface area contributed by atoms with Gasteiger partial charge in [-0.1, -0.05) is 65.3 Å². The van der Waals surface area contributed by atoms with Crippen LogP contribution in [0.3, 0.4) is 0 Å². The molecule has 2 heteroatoms. The van der Waals surface area contributed by atoms with Crippen LogP contribution in [0, 0.1) is 5.92 Å². The molecule has 1 rings (SSSR count). The van der Waals surface area contributed by atoms with Crippen molar-refractivity contribution in [2.24, 2.45) is 5.92 Å². The summed E-state index contributed by atoms with van der Waals surface area (Å²) < 4.78 is 0. The van der Waals surface area contributed by atoms with Gasteiger partial charge in [0.2, 0.25) is 0 Å². The average Bonchev–Trinajstić information content (AvgIpc) is 2.42. The smallest absolute Gasteiger partial charge is 0.0945 e. The second-order valence-electron chi connectivity index (χ2n) is 6.34. The first-order valence-corrected chi connectivity index (χ1v) is 7.98. The molecule has 2 nitrogen and oxygen atoms in total. The second kappa shape index (κ2) is 8.43. The van der Waals surface area contributed by atoms with Crippen molar-refractivity contribution < 1.29 is 5.11 Å². The van der Waals surface area contributed by atoms with Crippen LogP contribution in [-0.4, -0.2) is 17.7 Å². The van der Waals surface area contributed by atoms with Gasteiger partial charge in [-0.15, -0.1) is 0 Å². The summed E-state index contributed by atoms with van der Waals surface area (Å²) in [6.45, 7) is 11.9. The van der Waals surface area contributed by atoms with Gasteiger partial charge in [0.1, 0.15) is 0 Å². The van der Waals surface area contributed by atoms with Crippen LogP contribution >= 0.6 is 0 Å². The van der Waals surface area contributed by atoms with Gasteiger partial charge in [0.15, 0.2) is 0 Å². The maximum Gasteiger partial charge on any atom is 0.0945 e. The van der Waals surface area contributed by atoms with Crippen LogP contribution in [0.4, 0.5) is 0 Å². The van der Waals surface area contributed by atoms with Crippen molar-refractivity contribution in [3.63, 3.8) is 0 Å². The molecule has 0 bridgehead atoms. The number of rotatable bonds is 8. The van der Waals surface area contributed by atoms with E-state index in [-0.39, 0.29) is 6.04 Å². The van der Waals surface area contributed by atoms with Crippen LogP contribution in [0.2, 0.25) is 0 Å². The minimum atomic E-state index is -0.437. The van der Waals surface area contributed by atoms with Gasteiger partial charge >= 0.3 is 0 Å². The van der Waals surface area contributed by atoms with Gasteiger partial charge in [-0.25, -0.2) is 0 Å². The van der Waals surface area contributed by atoms with Crippen LogP contribution in [0.1, 0.15) is 70.6 Å². The lowest BCUT2D eigenvalue weighted by molar-refractivity contribution is 0.105. The summed E-state index contributed by atoms with van der Waals surface area (Å²) in [5, 5.41) is 14.1. The molecule has 0 saturated carbocycles. The predicted octanol–water partition coefficient (Wildman–Crippen LogP) is 4.26. The molecule has 0 heterocycles. The first kappa shape index (κ1) is 17.2. The largest absolute Gasteiger partial charge is 0.387 e. The molecular weight excluding hydrogens is 246 g/mol. The summed E-state index contributed by atoms with van der Waals surface area (Å²) in [5.41, 5.74) is 2.33. The van der Waals surface area contributed by atoms with Crippen LogP contribution in [0.25, 0.3) is 0 Å². The highest BCUT2D eigenvalue weighted by atomic mass is 16.3. The number of unbranched alkanes of at least 4 members (excludes halogenated alkanes) is 1. The van der Waals surface area contributed by atoms with Crippen LogP contribution < -0.4 is 5.32 Å². The Labute approximate surface area is 124 Å². The summed E-state index contributed by atoms with van der Waals surface area (Å²) in [6.07, 6.45) is 1.90. The Morgan fingerprint density at radius 2 is 1.55 bits per heavy atom. The van der Waals surface area contributed by atoms with Crippen molar-refractivity contribution in [2.45, 2.75) is 65.5 Å². The van der Waals surface area contributed by atoms with Gasteiger partial charge in [-0.2, -0.15) is 0 Å². The molecule has 0 amide bonds. The van der Waals surface area contributed by atoms with Crippen LogP contribution in [0.15, 0.2) is 24.3 Å². The van der Waals surface area contributed by atoms with E-state index in [4.69, 9.17) is 0 Å². The normalized spacial score (nSPS) is 14.8. The molecule has 0 radical (unpaired) electrons. The third-order valence-electron chi connectivity index (χ3n) is 3.91. The van der Waals surface area contributed by atoms with Gasteiger partial charge in [-0.05, 0) is 35.9 Å². The fraction of sp³-hybridized carbons (Fsp3) is 0.667. The van der Waals surface area contributed by atoms with E-state index in [0.29, 0.717) is 11.8 Å². The minimum absolute atomic E-state index is 0.117. The molecule has 0 fully saturated rings. The summed E-state index contributed by atoms with van der Waals surface area (Å²) in [6, 6.07) is 8.51. The molecule has 114 valence electrons. The van der Waals surface area contributed by atoms with Crippen molar-refractivity contribution in [3.05, 3.63) is 35.4 Å². The Kier molecular flexibility index (Phi) is 7.25. The fourth-order valence-corrected chi connectivity index (χ4v) is 2.44. The maximum atomic E-state index is 10.6. The van der Waals surface area contributed by atoms with E-state index in [2.05, 4.69) is 64.2 Å². The molecule has 1 aromatic carbocycles. The first-order valence-electron chi connectivity index (χ1n) is 7.98. The molecule has 0 aliphatic carbocycles. The van der Waals surface area contributed by atoms with Crippen LogP contribution in [-0.2, 0) is 0 Å². The molecule has 2 atom stereocenters. The number of aliphatic hydroxyl groups excluding tert-OH is 1. The van der Waals surface area contributed by atoms with E-state index in [1.165, 1.54) is 12.0 Å². The number of aliphatic hydroxyl groups is 1. The summed E-state index contributed by atoms with van der Waals surface area (Å²) in [5.74, 6) is 0.941. The fourth-order valence-electron chi connectivity index (χ4n) is 2.44. The molecule has 0 saturated heterocycles. The second-order valence-corrected chi connectivity index (χ2v) is 6.34.